The summed E-state index contributed by atoms with van der Waals surface area (Å²) in [5, 5.41) is 9.53. The first-order valence-corrected chi connectivity index (χ1v) is 8.25. The van der Waals surface area contributed by atoms with Crippen LogP contribution in [0.2, 0.25) is 5.02 Å². The lowest BCUT2D eigenvalue weighted by Gasteiger charge is -2.11. The van der Waals surface area contributed by atoms with Crippen LogP contribution in [0.25, 0.3) is 0 Å². The van der Waals surface area contributed by atoms with Gasteiger partial charge in [0.1, 0.15) is 0 Å². The highest BCUT2D eigenvalue weighted by atomic mass is 35.5. The number of nitrogens with one attached hydrogen (secondary N) is 3. The third-order valence-electron chi connectivity index (χ3n) is 3.72. The molecule has 3 rings (SSSR count). The van der Waals surface area contributed by atoms with Gasteiger partial charge < -0.3 is 16.0 Å². The number of benzene rings is 3. The van der Waals surface area contributed by atoms with Crippen molar-refractivity contribution in [2.45, 2.75) is 6.92 Å². The van der Waals surface area contributed by atoms with E-state index in [0.29, 0.717) is 16.4 Å². The summed E-state index contributed by atoms with van der Waals surface area (Å²) in [6.07, 6.45) is 0. The summed E-state index contributed by atoms with van der Waals surface area (Å²) in [6, 6.07) is 22.5. The molecular formula is C20H18ClN3O. The van der Waals surface area contributed by atoms with E-state index < -0.39 is 0 Å². The van der Waals surface area contributed by atoms with Gasteiger partial charge in [-0.3, -0.25) is 0 Å². The van der Waals surface area contributed by atoms with Crippen molar-refractivity contribution in [2.75, 3.05) is 16.0 Å². The number of halogens is 1. The van der Waals surface area contributed by atoms with Gasteiger partial charge in [0.15, 0.2) is 0 Å². The Morgan fingerprint density at radius 2 is 1.40 bits per heavy atom. The summed E-state index contributed by atoms with van der Waals surface area (Å²) in [5.74, 6) is 0. The second-order valence-electron chi connectivity index (χ2n) is 5.56. The van der Waals surface area contributed by atoms with Crippen molar-refractivity contribution < 1.29 is 4.79 Å². The summed E-state index contributed by atoms with van der Waals surface area (Å²) >= 11 is 6.06. The van der Waals surface area contributed by atoms with Gasteiger partial charge >= 0.3 is 6.03 Å². The van der Waals surface area contributed by atoms with Gasteiger partial charge in [-0.25, -0.2) is 4.79 Å². The lowest BCUT2D eigenvalue weighted by Crippen LogP contribution is -2.19. The summed E-state index contributed by atoms with van der Waals surface area (Å²) in [7, 11) is 0. The third-order valence-corrected chi connectivity index (χ3v) is 4.13. The van der Waals surface area contributed by atoms with Crippen LogP contribution in [0.4, 0.5) is 27.5 Å². The number of carbonyl (C=O) groups is 1. The molecule has 0 saturated carbocycles. The van der Waals surface area contributed by atoms with Crippen molar-refractivity contribution >= 4 is 40.4 Å². The first-order valence-electron chi connectivity index (χ1n) is 7.87. The first kappa shape index (κ1) is 16.9. The highest BCUT2D eigenvalue weighted by Gasteiger charge is 2.07. The standard InChI is InChI=1S/C20H18ClN3O/c1-14-18(21)8-5-9-19(14)24-20(25)23-17-12-10-16(11-13-17)22-15-6-3-2-4-7-15/h2-13,22H,1H3,(H2,23,24,25). The van der Waals surface area contributed by atoms with Gasteiger partial charge in [0.05, 0.1) is 0 Å². The highest BCUT2D eigenvalue weighted by Crippen LogP contribution is 2.23. The maximum absolute atomic E-state index is 12.1. The van der Waals surface area contributed by atoms with E-state index in [0.717, 1.165) is 16.9 Å². The largest absolute Gasteiger partial charge is 0.356 e. The van der Waals surface area contributed by atoms with E-state index in [1.54, 1.807) is 12.1 Å². The minimum Gasteiger partial charge on any atom is -0.356 e. The van der Waals surface area contributed by atoms with Crippen molar-refractivity contribution in [1.82, 2.24) is 0 Å². The van der Waals surface area contributed by atoms with Crippen LogP contribution in [0.1, 0.15) is 5.56 Å². The molecule has 0 unspecified atom stereocenters. The molecule has 0 spiro atoms. The van der Waals surface area contributed by atoms with Crippen LogP contribution in [0.5, 0.6) is 0 Å². The van der Waals surface area contributed by atoms with Crippen molar-refractivity contribution in [3.05, 3.63) is 83.4 Å². The van der Waals surface area contributed by atoms with E-state index in [1.807, 2.05) is 67.6 Å². The Morgan fingerprint density at radius 3 is 2.12 bits per heavy atom. The fraction of sp³-hybridized carbons (Fsp3) is 0.0500. The van der Waals surface area contributed by atoms with Gasteiger partial charge in [0.2, 0.25) is 0 Å². The van der Waals surface area contributed by atoms with Gasteiger partial charge in [-0.1, -0.05) is 35.9 Å². The maximum Gasteiger partial charge on any atom is 0.323 e. The molecule has 126 valence electrons. The molecule has 5 heteroatoms. The summed E-state index contributed by atoms with van der Waals surface area (Å²) in [6.45, 7) is 1.86. The normalized spacial score (nSPS) is 10.2. The average molecular weight is 352 g/mol. The fourth-order valence-corrected chi connectivity index (χ4v) is 2.53. The monoisotopic (exact) mass is 351 g/mol. The Morgan fingerprint density at radius 1 is 0.760 bits per heavy atom. The Kier molecular flexibility index (Phi) is 5.21. The third kappa shape index (κ3) is 4.52. The number of para-hydroxylation sites is 1. The highest BCUT2D eigenvalue weighted by molar-refractivity contribution is 6.31. The lowest BCUT2D eigenvalue weighted by atomic mass is 10.2. The zero-order valence-electron chi connectivity index (χ0n) is 13.7. The summed E-state index contributed by atoms with van der Waals surface area (Å²) in [4.78, 5) is 12.1. The Balaban J connectivity index is 1.61. The van der Waals surface area contributed by atoms with E-state index in [4.69, 9.17) is 11.6 Å². The Labute approximate surface area is 151 Å². The molecule has 0 aromatic heterocycles. The molecule has 0 aliphatic carbocycles. The number of hydrogen-bond acceptors (Lipinski definition) is 2. The van der Waals surface area contributed by atoms with Crippen LogP contribution in [0.3, 0.4) is 0 Å². The van der Waals surface area contributed by atoms with E-state index >= 15 is 0 Å². The first-order chi connectivity index (χ1) is 12.1. The minimum absolute atomic E-state index is 0.311. The quantitative estimate of drug-likeness (QED) is 0.537. The zero-order chi connectivity index (χ0) is 17.6. The summed E-state index contributed by atoms with van der Waals surface area (Å²) in [5.41, 5.74) is 4.19. The molecule has 0 bridgehead atoms. The number of amides is 2. The number of carbonyl (C=O) groups excluding carboxylic acids is 1. The second kappa shape index (κ2) is 7.73. The van der Waals surface area contributed by atoms with Gasteiger partial charge in [0, 0.05) is 27.8 Å². The van der Waals surface area contributed by atoms with Gasteiger partial charge in [-0.2, -0.15) is 0 Å². The molecule has 25 heavy (non-hydrogen) atoms. The van der Waals surface area contributed by atoms with Crippen LogP contribution in [0, 0.1) is 6.92 Å². The van der Waals surface area contributed by atoms with E-state index in [9.17, 15) is 4.79 Å². The number of rotatable bonds is 4. The molecule has 4 nitrogen and oxygen atoms in total. The SMILES string of the molecule is Cc1c(Cl)cccc1NC(=O)Nc1ccc(Nc2ccccc2)cc1. The minimum atomic E-state index is -0.311. The maximum atomic E-state index is 12.1. The van der Waals surface area contributed by atoms with E-state index in [2.05, 4.69) is 16.0 Å². The summed E-state index contributed by atoms with van der Waals surface area (Å²) < 4.78 is 0. The Bertz CT molecular complexity index is 864. The smallest absolute Gasteiger partial charge is 0.323 e. The van der Waals surface area contributed by atoms with Crippen molar-refractivity contribution in [2.24, 2.45) is 0 Å². The Hall–Kier alpha value is -2.98. The molecule has 0 radical (unpaired) electrons. The van der Waals surface area contributed by atoms with E-state index in [-0.39, 0.29) is 6.03 Å². The van der Waals surface area contributed by atoms with Gasteiger partial charge in [0.25, 0.3) is 0 Å². The molecule has 0 aliphatic heterocycles. The van der Waals surface area contributed by atoms with Crippen LogP contribution in [0.15, 0.2) is 72.8 Å². The molecule has 3 aromatic carbocycles. The molecule has 3 N–H and O–H groups in total. The molecule has 0 saturated heterocycles. The van der Waals surface area contributed by atoms with Gasteiger partial charge in [-0.15, -0.1) is 0 Å². The van der Waals surface area contributed by atoms with Crippen molar-refractivity contribution in [3.63, 3.8) is 0 Å². The van der Waals surface area contributed by atoms with E-state index in [1.165, 1.54) is 0 Å². The molecule has 0 heterocycles. The molecule has 3 aromatic rings. The predicted molar refractivity (Wildman–Crippen MR) is 105 cm³/mol. The van der Waals surface area contributed by atoms with Crippen LogP contribution >= 0.6 is 11.6 Å². The molecule has 0 atom stereocenters. The zero-order valence-corrected chi connectivity index (χ0v) is 14.5. The number of urea groups is 1. The van der Waals surface area contributed by atoms with Crippen LogP contribution < -0.4 is 16.0 Å². The molecule has 0 fully saturated rings. The fourth-order valence-electron chi connectivity index (χ4n) is 2.35. The van der Waals surface area contributed by atoms with Crippen LogP contribution in [-0.2, 0) is 0 Å². The van der Waals surface area contributed by atoms with Crippen molar-refractivity contribution in [3.8, 4) is 0 Å². The average Bonchev–Trinajstić information content (AvgIpc) is 2.62. The number of hydrogen-bond donors (Lipinski definition) is 3. The topological polar surface area (TPSA) is 53.2 Å². The van der Waals surface area contributed by atoms with Crippen LogP contribution in [-0.4, -0.2) is 6.03 Å². The lowest BCUT2D eigenvalue weighted by molar-refractivity contribution is 0.262. The van der Waals surface area contributed by atoms with Gasteiger partial charge in [-0.05, 0) is 61.0 Å². The van der Waals surface area contributed by atoms with Crippen molar-refractivity contribution in [1.29, 1.82) is 0 Å². The predicted octanol–water partition coefficient (Wildman–Crippen LogP) is 6.04. The second-order valence-corrected chi connectivity index (χ2v) is 5.97. The molecule has 2 amide bonds. The molecular weight excluding hydrogens is 334 g/mol. The molecule has 0 aliphatic rings. The number of anilines is 4.